The Hall–Kier alpha value is -3.77. The number of benzene rings is 3. The summed E-state index contributed by atoms with van der Waals surface area (Å²) in [4.78, 5) is 20.0. The lowest BCUT2D eigenvalue weighted by atomic mass is 9.98. The summed E-state index contributed by atoms with van der Waals surface area (Å²) in [7, 11) is 0. The van der Waals surface area contributed by atoms with Crippen molar-refractivity contribution in [1.29, 1.82) is 0 Å². The van der Waals surface area contributed by atoms with Crippen molar-refractivity contribution >= 4 is 40.0 Å². The summed E-state index contributed by atoms with van der Waals surface area (Å²) < 4.78 is 0. The minimum atomic E-state index is -0.955. The Balaban J connectivity index is 1.56. The second-order valence-corrected chi connectivity index (χ2v) is 7.71. The van der Waals surface area contributed by atoms with Gasteiger partial charge in [-0.3, -0.25) is 15.0 Å². The summed E-state index contributed by atoms with van der Waals surface area (Å²) in [6.45, 7) is 0. The predicted octanol–water partition coefficient (Wildman–Crippen LogP) is 5.34. The highest BCUT2D eigenvalue weighted by Gasteiger charge is 2.30. The number of carboxylic acid groups (broad SMARTS) is 1. The first kappa shape index (κ1) is 19.2. The van der Waals surface area contributed by atoms with E-state index in [1.54, 1.807) is 36.7 Å². The van der Waals surface area contributed by atoms with Crippen LogP contribution in [0.5, 0.6) is 0 Å². The standard InChI is InChI=1S/C24H17ClN4O2/c25-18-6-1-15(2-7-18)23-14-21(17-5-10-20-22(13-17)27-12-11-26-20)28-29(23)19-8-3-16(4-9-19)24(30)31/h1-13,23H,14H2,(H,30,31). The molecular weight excluding hydrogens is 412 g/mol. The number of hydrogen-bond acceptors (Lipinski definition) is 5. The Kier molecular flexibility index (Phi) is 4.84. The molecule has 1 aromatic heterocycles. The molecule has 7 heteroatoms. The summed E-state index contributed by atoms with van der Waals surface area (Å²) in [5.41, 5.74) is 5.69. The van der Waals surface area contributed by atoms with E-state index in [9.17, 15) is 9.90 Å². The lowest BCUT2D eigenvalue weighted by Gasteiger charge is -2.24. The van der Waals surface area contributed by atoms with Gasteiger partial charge in [0.2, 0.25) is 0 Å². The van der Waals surface area contributed by atoms with Gasteiger partial charge in [-0.05, 0) is 54.1 Å². The second-order valence-electron chi connectivity index (χ2n) is 7.27. The molecule has 4 aromatic rings. The van der Waals surface area contributed by atoms with Crippen LogP contribution in [0.25, 0.3) is 11.0 Å². The molecule has 1 aliphatic heterocycles. The number of nitrogens with zero attached hydrogens (tertiary/aromatic N) is 4. The average Bonchev–Trinajstić information content (AvgIpc) is 3.25. The molecule has 1 N–H and O–H groups in total. The molecule has 0 saturated heterocycles. The molecule has 0 fully saturated rings. The summed E-state index contributed by atoms with van der Waals surface area (Å²) in [6.07, 6.45) is 4.04. The van der Waals surface area contributed by atoms with Crippen LogP contribution in [0.3, 0.4) is 0 Å². The lowest BCUT2D eigenvalue weighted by molar-refractivity contribution is 0.0697. The van der Waals surface area contributed by atoms with Crippen LogP contribution in [0.15, 0.2) is 84.2 Å². The third kappa shape index (κ3) is 3.73. The number of halogens is 1. The van der Waals surface area contributed by atoms with Gasteiger partial charge >= 0.3 is 5.97 Å². The molecule has 0 amide bonds. The Morgan fingerprint density at radius 2 is 1.65 bits per heavy atom. The van der Waals surface area contributed by atoms with Crippen molar-refractivity contribution < 1.29 is 9.90 Å². The SMILES string of the molecule is O=C(O)c1ccc(N2N=C(c3ccc4nccnc4c3)CC2c2ccc(Cl)cc2)cc1. The molecule has 0 spiro atoms. The third-order valence-electron chi connectivity index (χ3n) is 5.35. The monoisotopic (exact) mass is 428 g/mol. The molecule has 3 aromatic carbocycles. The lowest BCUT2D eigenvalue weighted by Crippen LogP contribution is -2.18. The van der Waals surface area contributed by atoms with E-state index in [1.165, 1.54) is 0 Å². The second kappa shape index (κ2) is 7.81. The van der Waals surface area contributed by atoms with Gasteiger partial charge in [0.15, 0.2) is 0 Å². The topological polar surface area (TPSA) is 78.7 Å². The maximum Gasteiger partial charge on any atom is 0.335 e. The zero-order chi connectivity index (χ0) is 21.4. The van der Waals surface area contributed by atoms with E-state index in [-0.39, 0.29) is 11.6 Å². The first-order chi connectivity index (χ1) is 15.1. The van der Waals surface area contributed by atoms with Crippen LogP contribution in [-0.2, 0) is 0 Å². The highest BCUT2D eigenvalue weighted by atomic mass is 35.5. The molecule has 0 radical (unpaired) electrons. The molecule has 6 nitrogen and oxygen atoms in total. The van der Waals surface area contributed by atoms with Gasteiger partial charge < -0.3 is 5.11 Å². The van der Waals surface area contributed by atoms with Gasteiger partial charge in [-0.2, -0.15) is 5.10 Å². The van der Waals surface area contributed by atoms with E-state index in [4.69, 9.17) is 16.7 Å². The van der Waals surface area contributed by atoms with E-state index < -0.39 is 5.97 Å². The Bertz CT molecular complexity index is 1300. The molecule has 5 rings (SSSR count). The zero-order valence-electron chi connectivity index (χ0n) is 16.3. The minimum Gasteiger partial charge on any atom is -0.478 e. The molecular formula is C24H17ClN4O2. The van der Waals surface area contributed by atoms with Crippen LogP contribution in [-0.4, -0.2) is 26.8 Å². The van der Waals surface area contributed by atoms with E-state index >= 15 is 0 Å². The fourth-order valence-corrected chi connectivity index (χ4v) is 3.89. The van der Waals surface area contributed by atoms with Gasteiger partial charge in [0.1, 0.15) is 0 Å². The van der Waals surface area contributed by atoms with Gasteiger partial charge in [-0.25, -0.2) is 4.79 Å². The van der Waals surface area contributed by atoms with E-state index in [0.717, 1.165) is 33.6 Å². The number of carboxylic acids is 1. The molecule has 1 unspecified atom stereocenters. The molecule has 31 heavy (non-hydrogen) atoms. The van der Waals surface area contributed by atoms with Crippen molar-refractivity contribution in [3.63, 3.8) is 0 Å². The van der Waals surface area contributed by atoms with Crippen molar-refractivity contribution in [3.05, 3.63) is 101 Å². The Morgan fingerprint density at radius 3 is 2.35 bits per heavy atom. The van der Waals surface area contributed by atoms with Crippen LogP contribution >= 0.6 is 11.6 Å². The van der Waals surface area contributed by atoms with Crippen molar-refractivity contribution in [2.75, 3.05) is 5.01 Å². The Morgan fingerprint density at radius 1 is 0.935 bits per heavy atom. The number of fused-ring (bicyclic) bond motifs is 1. The number of hydrogen-bond donors (Lipinski definition) is 1. The van der Waals surface area contributed by atoms with Gasteiger partial charge in [-0.15, -0.1) is 0 Å². The summed E-state index contributed by atoms with van der Waals surface area (Å²) in [5.74, 6) is -0.955. The molecule has 0 saturated carbocycles. The first-order valence-electron chi connectivity index (χ1n) is 9.75. The van der Waals surface area contributed by atoms with Gasteiger partial charge in [0.05, 0.1) is 34.0 Å². The van der Waals surface area contributed by atoms with Crippen molar-refractivity contribution in [2.45, 2.75) is 12.5 Å². The highest BCUT2D eigenvalue weighted by Crippen LogP contribution is 2.37. The fraction of sp³-hybridized carbons (Fsp3) is 0.0833. The number of hydrazone groups is 1. The van der Waals surface area contributed by atoms with Crippen LogP contribution in [0.1, 0.15) is 33.9 Å². The van der Waals surface area contributed by atoms with Gasteiger partial charge in [0, 0.05) is 29.4 Å². The quantitative estimate of drug-likeness (QED) is 0.474. The smallest absolute Gasteiger partial charge is 0.335 e. The summed E-state index contributed by atoms with van der Waals surface area (Å²) in [6, 6.07) is 20.4. The van der Waals surface area contributed by atoms with E-state index in [1.807, 2.05) is 47.5 Å². The number of rotatable bonds is 4. The molecule has 0 bridgehead atoms. The van der Waals surface area contributed by atoms with Crippen molar-refractivity contribution in [2.24, 2.45) is 5.10 Å². The molecule has 1 atom stereocenters. The molecule has 1 aliphatic rings. The summed E-state index contributed by atoms with van der Waals surface area (Å²) in [5, 5.41) is 16.7. The zero-order valence-corrected chi connectivity index (χ0v) is 17.1. The van der Waals surface area contributed by atoms with Crippen molar-refractivity contribution in [1.82, 2.24) is 9.97 Å². The van der Waals surface area contributed by atoms with E-state index in [2.05, 4.69) is 9.97 Å². The Labute approximate surface area is 183 Å². The first-order valence-corrected chi connectivity index (χ1v) is 10.1. The molecule has 2 heterocycles. The van der Waals surface area contributed by atoms with Crippen LogP contribution in [0.2, 0.25) is 5.02 Å². The van der Waals surface area contributed by atoms with Crippen LogP contribution in [0.4, 0.5) is 5.69 Å². The highest BCUT2D eigenvalue weighted by molar-refractivity contribution is 6.30. The largest absolute Gasteiger partial charge is 0.478 e. The maximum atomic E-state index is 11.2. The van der Waals surface area contributed by atoms with Gasteiger partial charge in [-0.1, -0.05) is 29.8 Å². The fourth-order valence-electron chi connectivity index (χ4n) is 3.77. The summed E-state index contributed by atoms with van der Waals surface area (Å²) >= 11 is 6.09. The number of anilines is 1. The van der Waals surface area contributed by atoms with Gasteiger partial charge in [0.25, 0.3) is 0 Å². The minimum absolute atomic E-state index is 0.0412. The average molecular weight is 429 g/mol. The van der Waals surface area contributed by atoms with Crippen LogP contribution < -0.4 is 5.01 Å². The number of carbonyl (C=O) groups is 1. The van der Waals surface area contributed by atoms with E-state index in [0.29, 0.717) is 11.4 Å². The predicted molar refractivity (Wildman–Crippen MR) is 121 cm³/mol. The maximum absolute atomic E-state index is 11.2. The number of aromatic nitrogens is 2. The van der Waals surface area contributed by atoms with Crippen molar-refractivity contribution in [3.8, 4) is 0 Å². The van der Waals surface area contributed by atoms with Crippen LogP contribution in [0, 0.1) is 0 Å². The third-order valence-corrected chi connectivity index (χ3v) is 5.60. The normalized spacial score (nSPS) is 15.8. The number of aromatic carboxylic acids is 1. The molecule has 152 valence electrons. The molecule has 0 aliphatic carbocycles.